The number of hydrogen-bond donors (Lipinski definition) is 2. The first kappa shape index (κ1) is 19.5. The summed E-state index contributed by atoms with van der Waals surface area (Å²) in [6.45, 7) is 0.0281. The van der Waals surface area contributed by atoms with E-state index in [1.165, 1.54) is 46.7 Å². The van der Waals surface area contributed by atoms with Crippen molar-refractivity contribution in [1.29, 1.82) is 0 Å². The molecule has 2 N–H and O–H groups in total. The number of amides is 2. The van der Waals surface area contributed by atoms with E-state index in [0.717, 1.165) is 4.68 Å². The van der Waals surface area contributed by atoms with Crippen LogP contribution in [0.4, 0.5) is 10.6 Å². The van der Waals surface area contributed by atoms with Gasteiger partial charge in [0, 0.05) is 31.9 Å². The van der Waals surface area contributed by atoms with Crippen molar-refractivity contribution < 1.29 is 27.4 Å². The van der Waals surface area contributed by atoms with E-state index in [1.807, 2.05) is 4.72 Å². The second-order valence-corrected chi connectivity index (χ2v) is 6.62. The lowest BCUT2D eigenvalue weighted by atomic mass is 10.4. The number of methoxy groups -OCH3 is 3. The predicted octanol–water partition coefficient (Wildman–Crippen LogP) is 0.489. The van der Waals surface area contributed by atoms with E-state index in [2.05, 4.69) is 15.4 Å². The number of sulfonamides is 1. The molecule has 2 aromatic rings. The van der Waals surface area contributed by atoms with Crippen LogP contribution in [-0.4, -0.2) is 50.5 Å². The number of nitrogens with zero attached hydrogens (tertiary/aromatic N) is 3. The largest absolute Gasteiger partial charge is 0.496 e. The number of rotatable bonds is 7. The van der Waals surface area contributed by atoms with Gasteiger partial charge >= 0.3 is 6.03 Å². The van der Waals surface area contributed by atoms with Gasteiger partial charge in [-0.1, -0.05) is 0 Å². The van der Waals surface area contributed by atoms with Crippen molar-refractivity contribution in [3.05, 3.63) is 23.9 Å². The number of ether oxygens (including phenoxy) is 3. The minimum atomic E-state index is -4.18. The first-order chi connectivity index (χ1) is 12.3. The number of anilines is 1. The maximum atomic E-state index is 12.5. The second kappa shape index (κ2) is 8.01. The third-order valence-corrected chi connectivity index (χ3v) is 4.69. The van der Waals surface area contributed by atoms with Crippen LogP contribution in [0, 0.1) is 0 Å². The molecule has 0 aromatic carbocycles. The Morgan fingerprint density at radius 3 is 2.58 bits per heavy atom. The van der Waals surface area contributed by atoms with Gasteiger partial charge in [-0.2, -0.15) is 18.5 Å². The molecular formula is C14H19N5O6S. The number of nitrogens with one attached hydrogen (secondary N) is 2. The molecule has 0 fully saturated rings. The Balaban J connectivity index is 2.21. The molecule has 0 unspecified atom stereocenters. The number of pyridine rings is 1. The highest BCUT2D eigenvalue weighted by Crippen LogP contribution is 2.22. The van der Waals surface area contributed by atoms with Gasteiger partial charge in [-0.3, -0.25) is 10.00 Å². The van der Waals surface area contributed by atoms with Crippen molar-refractivity contribution in [2.24, 2.45) is 7.05 Å². The van der Waals surface area contributed by atoms with Crippen LogP contribution in [0.2, 0.25) is 0 Å². The molecular weight excluding hydrogens is 366 g/mol. The Morgan fingerprint density at radius 1 is 1.23 bits per heavy atom. The SMILES string of the molecule is COCc1cnn(C)c1S(=O)(=O)NC(=O)Nc1cc(OC)cc(OC)n1. The van der Waals surface area contributed by atoms with E-state index in [1.54, 1.807) is 0 Å². The highest BCUT2D eigenvalue weighted by molar-refractivity contribution is 7.90. The second-order valence-electron chi connectivity index (χ2n) is 5.03. The summed E-state index contributed by atoms with van der Waals surface area (Å²) < 4.78 is 43.0. The van der Waals surface area contributed by atoms with Crippen LogP contribution in [-0.2, 0) is 28.4 Å². The van der Waals surface area contributed by atoms with Gasteiger partial charge in [0.2, 0.25) is 5.88 Å². The molecule has 0 spiro atoms. The first-order valence-electron chi connectivity index (χ1n) is 7.24. The van der Waals surface area contributed by atoms with Crippen LogP contribution < -0.4 is 19.5 Å². The summed E-state index contributed by atoms with van der Waals surface area (Å²) in [5.41, 5.74) is 0.316. The number of aryl methyl sites for hydroxylation is 1. The minimum Gasteiger partial charge on any atom is -0.496 e. The van der Waals surface area contributed by atoms with Gasteiger partial charge in [-0.15, -0.1) is 0 Å². The molecule has 2 aromatic heterocycles. The third kappa shape index (κ3) is 4.40. The molecule has 0 atom stereocenters. The van der Waals surface area contributed by atoms with E-state index < -0.39 is 16.1 Å². The zero-order valence-electron chi connectivity index (χ0n) is 14.6. The fraction of sp³-hybridized carbons (Fsp3) is 0.357. The summed E-state index contributed by atoms with van der Waals surface area (Å²) in [4.78, 5) is 16.1. The normalized spacial score (nSPS) is 11.1. The quantitative estimate of drug-likeness (QED) is 0.703. The predicted molar refractivity (Wildman–Crippen MR) is 90.6 cm³/mol. The molecule has 2 rings (SSSR count). The zero-order chi connectivity index (χ0) is 19.3. The Kier molecular flexibility index (Phi) is 6.00. The van der Waals surface area contributed by atoms with Gasteiger partial charge in [0.25, 0.3) is 10.0 Å². The van der Waals surface area contributed by atoms with Gasteiger partial charge in [0.1, 0.15) is 11.6 Å². The molecule has 2 amide bonds. The van der Waals surface area contributed by atoms with E-state index in [4.69, 9.17) is 14.2 Å². The number of carbonyl (C=O) groups excluding carboxylic acids is 1. The number of aromatic nitrogens is 3. The standard InChI is InChI=1S/C14H19N5O6S/c1-19-13(9(7-15-19)8-23-2)26(21,22)18-14(20)17-11-5-10(24-3)6-12(16-11)25-4/h5-7H,8H2,1-4H3,(H2,16,17,18,20). The summed E-state index contributed by atoms with van der Waals surface area (Å²) in [6, 6.07) is 1.92. The molecule has 0 aliphatic heterocycles. The lowest BCUT2D eigenvalue weighted by molar-refractivity contribution is 0.182. The monoisotopic (exact) mass is 385 g/mol. The topological polar surface area (TPSA) is 134 Å². The minimum absolute atomic E-state index is 0.0281. The average molecular weight is 385 g/mol. The van der Waals surface area contributed by atoms with Crippen LogP contribution in [0.3, 0.4) is 0 Å². The average Bonchev–Trinajstić information content (AvgIpc) is 2.95. The maximum absolute atomic E-state index is 12.5. The van der Waals surface area contributed by atoms with Crippen LogP contribution in [0.25, 0.3) is 0 Å². The summed E-state index contributed by atoms with van der Waals surface area (Å²) >= 11 is 0. The lowest BCUT2D eigenvalue weighted by Gasteiger charge is -2.11. The highest BCUT2D eigenvalue weighted by atomic mass is 32.2. The van der Waals surface area contributed by atoms with Gasteiger partial charge < -0.3 is 14.2 Å². The number of hydrogen-bond acceptors (Lipinski definition) is 8. The highest BCUT2D eigenvalue weighted by Gasteiger charge is 2.26. The Bertz CT molecular complexity index is 873. The molecule has 0 aliphatic carbocycles. The number of urea groups is 1. The summed E-state index contributed by atoms with van der Waals surface area (Å²) in [7, 11) is 1.52. The molecule has 11 nitrogen and oxygen atoms in total. The van der Waals surface area contributed by atoms with E-state index in [9.17, 15) is 13.2 Å². The van der Waals surface area contributed by atoms with Crippen molar-refractivity contribution in [3.63, 3.8) is 0 Å². The Hall–Kier alpha value is -2.86. The molecule has 0 bridgehead atoms. The third-order valence-electron chi connectivity index (χ3n) is 3.20. The molecule has 0 saturated carbocycles. The summed E-state index contributed by atoms with van der Waals surface area (Å²) in [6.07, 6.45) is 1.35. The van der Waals surface area contributed by atoms with Crippen molar-refractivity contribution >= 4 is 21.9 Å². The van der Waals surface area contributed by atoms with Gasteiger partial charge in [0.05, 0.1) is 27.0 Å². The van der Waals surface area contributed by atoms with E-state index in [-0.39, 0.29) is 23.3 Å². The Morgan fingerprint density at radius 2 is 1.96 bits per heavy atom. The molecule has 12 heteroatoms. The summed E-state index contributed by atoms with van der Waals surface area (Å²) in [5, 5.41) is 6.02. The number of carbonyl (C=O) groups is 1. The van der Waals surface area contributed by atoms with Crippen molar-refractivity contribution in [2.45, 2.75) is 11.6 Å². The zero-order valence-corrected chi connectivity index (χ0v) is 15.5. The van der Waals surface area contributed by atoms with Crippen LogP contribution in [0.1, 0.15) is 5.56 Å². The van der Waals surface area contributed by atoms with Crippen LogP contribution in [0.15, 0.2) is 23.4 Å². The summed E-state index contributed by atoms with van der Waals surface area (Å²) in [5.74, 6) is 0.622. The van der Waals surface area contributed by atoms with Crippen molar-refractivity contribution in [1.82, 2.24) is 19.5 Å². The lowest BCUT2D eigenvalue weighted by Crippen LogP contribution is -2.36. The molecule has 2 heterocycles. The van der Waals surface area contributed by atoms with Gasteiger partial charge in [0.15, 0.2) is 5.03 Å². The molecule has 142 valence electrons. The van der Waals surface area contributed by atoms with Gasteiger partial charge in [-0.05, 0) is 0 Å². The molecule has 0 radical (unpaired) electrons. The fourth-order valence-electron chi connectivity index (χ4n) is 2.15. The van der Waals surface area contributed by atoms with Crippen molar-refractivity contribution in [2.75, 3.05) is 26.6 Å². The first-order valence-corrected chi connectivity index (χ1v) is 8.72. The van der Waals surface area contributed by atoms with E-state index >= 15 is 0 Å². The van der Waals surface area contributed by atoms with Gasteiger partial charge in [-0.25, -0.2) is 9.52 Å². The van der Waals surface area contributed by atoms with Crippen molar-refractivity contribution in [3.8, 4) is 11.6 Å². The molecule has 0 aliphatic rings. The molecule has 0 saturated heterocycles. The Labute approximate surface area is 150 Å². The fourth-order valence-corrected chi connectivity index (χ4v) is 3.40. The van der Waals surface area contributed by atoms with Crippen LogP contribution >= 0.6 is 0 Å². The molecule has 26 heavy (non-hydrogen) atoms. The smallest absolute Gasteiger partial charge is 0.334 e. The van der Waals surface area contributed by atoms with Crippen LogP contribution in [0.5, 0.6) is 11.6 Å². The maximum Gasteiger partial charge on any atom is 0.334 e. The van der Waals surface area contributed by atoms with E-state index in [0.29, 0.717) is 11.3 Å².